The van der Waals surface area contributed by atoms with Gasteiger partial charge in [0.1, 0.15) is 0 Å². The number of benzene rings is 1. The van der Waals surface area contributed by atoms with Gasteiger partial charge < -0.3 is 0 Å². The predicted octanol–water partition coefficient (Wildman–Crippen LogP) is 3.01. The van der Waals surface area contributed by atoms with Crippen LogP contribution in [0, 0.1) is 11.8 Å². The van der Waals surface area contributed by atoms with Gasteiger partial charge >= 0.3 is 108 Å². The van der Waals surface area contributed by atoms with Crippen molar-refractivity contribution in [2.24, 2.45) is 11.8 Å². The van der Waals surface area contributed by atoms with E-state index in [1.807, 2.05) is 0 Å². The van der Waals surface area contributed by atoms with Crippen LogP contribution in [-0.2, 0) is 0 Å². The molecule has 0 aromatic heterocycles. The monoisotopic (exact) mass is 298 g/mol. The molecule has 0 aliphatic heterocycles. The van der Waals surface area contributed by atoms with Gasteiger partial charge in [-0.05, 0) is 0 Å². The van der Waals surface area contributed by atoms with Crippen molar-refractivity contribution in [1.29, 1.82) is 0 Å². The Morgan fingerprint density at radius 1 is 1.25 bits per heavy atom. The number of allylic oxidation sites excluding steroid dienone is 2. The molecule has 0 saturated heterocycles. The zero-order valence-electron chi connectivity index (χ0n) is 9.10. The molecule has 1 fully saturated rings. The standard InChI is InChI=1S/C14H15ClSe/c15-14(9-11-6-7-12(14)8-11)10-16-13-4-2-1-3-5-13/h1-7,11-12H,8-10H2/t11-,12+,14+/m0/s1. The Morgan fingerprint density at radius 2 is 2.06 bits per heavy atom. The van der Waals surface area contributed by atoms with E-state index in [0.29, 0.717) is 20.9 Å². The van der Waals surface area contributed by atoms with E-state index in [0.717, 1.165) is 5.92 Å². The summed E-state index contributed by atoms with van der Waals surface area (Å²) in [5.74, 6) is 1.42. The quantitative estimate of drug-likeness (QED) is 0.457. The van der Waals surface area contributed by atoms with E-state index in [-0.39, 0.29) is 4.87 Å². The Kier molecular flexibility index (Phi) is 2.87. The fourth-order valence-corrected chi connectivity index (χ4v) is 5.71. The minimum atomic E-state index is 0.0786. The van der Waals surface area contributed by atoms with Gasteiger partial charge in [-0.3, -0.25) is 0 Å². The van der Waals surface area contributed by atoms with E-state index in [4.69, 9.17) is 11.6 Å². The number of hydrogen-bond acceptors (Lipinski definition) is 0. The first kappa shape index (κ1) is 10.9. The second kappa shape index (κ2) is 4.22. The van der Waals surface area contributed by atoms with Crippen molar-refractivity contribution in [1.82, 2.24) is 0 Å². The number of halogens is 1. The average molecular weight is 298 g/mol. The minimum absolute atomic E-state index is 0.0786. The van der Waals surface area contributed by atoms with Crippen molar-refractivity contribution in [3.05, 3.63) is 42.5 Å². The molecule has 3 atom stereocenters. The van der Waals surface area contributed by atoms with Crippen LogP contribution in [0.1, 0.15) is 12.8 Å². The summed E-state index contributed by atoms with van der Waals surface area (Å²) in [7, 11) is 0. The first-order valence-corrected chi connectivity index (χ1v) is 8.26. The van der Waals surface area contributed by atoms with Crippen LogP contribution < -0.4 is 4.46 Å². The zero-order chi connectivity index (χ0) is 11.0. The number of fused-ring (bicyclic) bond motifs is 2. The molecule has 84 valence electrons. The van der Waals surface area contributed by atoms with Gasteiger partial charge in [-0.15, -0.1) is 0 Å². The average Bonchev–Trinajstić information content (AvgIpc) is 2.88. The Labute approximate surface area is 108 Å². The van der Waals surface area contributed by atoms with Gasteiger partial charge in [-0.2, -0.15) is 0 Å². The summed E-state index contributed by atoms with van der Waals surface area (Å²) in [5, 5.41) is 1.18. The van der Waals surface area contributed by atoms with Crippen LogP contribution >= 0.6 is 11.6 Å². The Morgan fingerprint density at radius 3 is 2.69 bits per heavy atom. The Balaban J connectivity index is 1.66. The molecule has 2 aliphatic carbocycles. The molecule has 0 spiro atoms. The normalized spacial score (nSPS) is 35.8. The van der Waals surface area contributed by atoms with Crippen molar-refractivity contribution in [2.45, 2.75) is 23.0 Å². The molecule has 0 heterocycles. The van der Waals surface area contributed by atoms with Crippen molar-refractivity contribution in [2.75, 3.05) is 0 Å². The zero-order valence-corrected chi connectivity index (χ0v) is 11.6. The SMILES string of the molecule is Cl[C@@]1(C[Se]c2ccccc2)C[C@H]2C=C[C@@H]1C2. The molecule has 2 aliphatic rings. The van der Waals surface area contributed by atoms with Gasteiger partial charge in [0.2, 0.25) is 0 Å². The fourth-order valence-electron chi connectivity index (χ4n) is 2.78. The molecule has 0 N–H and O–H groups in total. The second-order valence-corrected chi connectivity index (χ2v) is 7.78. The maximum absolute atomic E-state index is 6.78. The summed E-state index contributed by atoms with van der Waals surface area (Å²) in [6, 6.07) is 10.8. The number of hydrogen-bond donors (Lipinski definition) is 0. The fraction of sp³-hybridized carbons (Fsp3) is 0.429. The van der Waals surface area contributed by atoms with Crippen molar-refractivity contribution < 1.29 is 0 Å². The van der Waals surface area contributed by atoms with E-state index in [9.17, 15) is 0 Å². The van der Waals surface area contributed by atoms with E-state index in [1.165, 1.54) is 22.6 Å². The molecule has 2 bridgehead atoms. The van der Waals surface area contributed by atoms with Crippen molar-refractivity contribution in [3.63, 3.8) is 0 Å². The van der Waals surface area contributed by atoms with Gasteiger partial charge in [-0.1, -0.05) is 0 Å². The molecule has 1 aromatic rings. The summed E-state index contributed by atoms with van der Waals surface area (Å²) in [6.07, 6.45) is 7.21. The molecule has 1 aromatic carbocycles. The number of rotatable bonds is 3. The first-order valence-electron chi connectivity index (χ1n) is 5.81. The second-order valence-electron chi connectivity index (χ2n) is 4.83. The third kappa shape index (κ3) is 1.97. The molecular formula is C14H15ClSe. The molecule has 2 heteroatoms. The first-order chi connectivity index (χ1) is 7.76. The van der Waals surface area contributed by atoms with Crippen molar-refractivity contribution >= 4 is 31.0 Å². The van der Waals surface area contributed by atoms with Gasteiger partial charge in [0, 0.05) is 0 Å². The molecular weight excluding hydrogens is 283 g/mol. The maximum atomic E-state index is 6.78. The van der Waals surface area contributed by atoms with Crippen LogP contribution in [0.4, 0.5) is 0 Å². The molecule has 0 nitrogen and oxygen atoms in total. The van der Waals surface area contributed by atoms with Crippen LogP contribution in [0.5, 0.6) is 0 Å². The Hall–Kier alpha value is -0.231. The predicted molar refractivity (Wildman–Crippen MR) is 70.6 cm³/mol. The van der Waals surface area contributed by atoms with E-state index in [1.54, 1.807) is 0 Å². The van der Waals surface area contributed by atoms with E-state index >= 15 is 0 Å². The molecule has 0 radical (unpaired) electrons. The summed E-state index contributed by atoms with van der Waals surface area (Å²) in [5.41, 5.74) is 0. The van der Waals surface area contributed by atoms with Crippen LogP contribution in [0.2, 0.25) is 5.32 Å². The number of alkyl halides is 1. The van der Waals surface area contributed by atoms with Crippen LogP contribution in [0.3, 0.4) is 0 Å². The van der Waals surface area contributed by atoms with Crippen LogP contribution in [-0.4, -0.2) is 19.8 Å². The molecule has 16 heavy (non-hydrogen) atoms. The third-order valence-corrected chi connectivity index (χ3v) is 7.24. The van der Waals surface area contributed by atoms with Gasteiger partial charge in [0.25, 0.3) is 0 Å². The summed E-state index contributed by atoms with van der Waals surface area (Å²) in [6.45, 7) is 0. The Bertz CT molecular complexity index is 400. The van der Waals surface area contributed by atoms with E-state index in [2.05, 4.69) is 42.5 Å². The third-order valence-electron chi connectivity index (χ3n) is 3.66. The van der Waals surface area contributed by atoms with Gasteiger partial charge in [0.05, 0.1) is 0 Å². The summed E-state index contributed by atoms with van der Waals surface area (Å²) in [4.78, 5) is 0.0786. The van der Waals surface area contributed by atoms with Gasteiger partial charge in [-0.25, -0.2) is 0 Å². The topological polar surface area (TPSA) is 0 Å². The molecule has 0 unspecified atom stereocenters. The van der Waals surface area contributed by atoms with Crippen LogP contribution in [0.25, 0.3) is 0 Å². The molecule has 3 rings (SSSR count). The van der Waals surface area contributed by atoms with Crippen molar-refractivity contribution in [3.8, 4) is 0 Å². The van der Waals surface area contributed by atoms with Gasteiger partial charge in [0.15, 0.2) is 0 Å². The van der Waals surface area contributed by atoms with E-state index < -0.39 is 0 Å². The molecule has 0 amide bonds. The van der Waals surface area contributed by atoms with Crippen LogP contribution in [0.15, 0.2) is 42.5 Å². The molecule has 1 saturated carbocycles. The summed E-state index contributed by atoms with van der Waals surface area (Å²) < 4.78 is 1.47. The summed E-state index contributed by atoms with van der Waals surface area (Å²) >= 11 is 7.31.